The number of nitrogens with one attached hydrogen (secondary N) is 2. The van der Waals surface area contributed by atoms with Crippen LogP contribution >= 0.6 is 11.8 Å². The molecule has 0 aliphatic carbocycles. The van der Waals surface area contributed by atoms with Gasteiger partial charge in [-0.05, 0) is 41.5 Å². The Labute approximate surface area is 136 Å². The molecule has 0 amide bonds. The Kier molecular flexibility index (Phi) is 7.37. The predicted octanol–water partition coefficient (Wildman–Crippen LogP) is 2.56. The van der Waals surface area contributed by atoms with Gasteiger partial charge in [0.25, 0.3) is 0 Å². The molecule has 0 fully saturated rings. The summed E-state index contributed by atoms with van der Waals surface area (Å²) >= 11 is 1.26. The van der Waals surface area contributed by atoms with E-state index in [0.29, 0.717) is 23.7 Å². The summed E-state index contributed by atoms with van der Waals surface area (Å²) in [6, 6.07) is 0.407. The van der Waals surface area contributed by atoms with Crippen molar-refractivity contribution in [3.63, 3.8) is 0 Å². The SMILES string of the molecule is CCOC(=O)C(C)Sc1nc(NC(C)C)nc(NC(C)C)n1. The molecule has 1 aromatic heterocycles. The molecule has 124 valence electrons. The van der Waals surface area contributed by atoms with E-state index in [1.165, 1.54) is 11.8 Å². The highest BCUT2D eigenvalue weighted by atomic mass is 32.2. The van der Waals surface area contributed by atoms with Crippen LogP contribution in [0.3, 0.4) is 0 Å². The van der Waals surface area contributed by atoms with Crippen molar-refractivity contribution in [2.24, 2.45) is 0 Å². The molecule has 0 radical (unpaired) electrons. The molecule has 1 unspecified atom stereocenters. The van der Waals surface area contributed by atoms with Gasteiger partial charge in [-0.1, -0.05) is 11.8 Å². The van der Waals surface area contributed by atoms with Crippen LogP contribution in [0.5, 0.6) is 0 Å². The molecule has 0 saturated carbocycles. The largest absolute Gasteiger partial charge is 0.465 e. The molecule has 1 atom stereocenters. The van der Waals surface area contributed by atoms with Gasteiger partial charge in [0, 0.05) is 12.1 Å². The highest BCUT2D eigenvalue weighted by Gasteiger charge is 2.18. The molecular formula is C14H25N5O2S. The number of hydrogen-bond acceptors (Lipinski definition) is 8. The first-order chi connectivity index (χ1) is 10.3. The molecular weight excluding hydrogens is 302 g/mol. The number of aromatic nitrogens is 3. The van der Waals surface area contributed by atoms with Crippen molar-refractivity contribution in [2.75, 3.05) is 17.2 Å². The van der Waals surface area contributed by atoms with Crippen LogP contribution in [0.4, 0.5) is 11.9 Å². The molecule has 22 heavy (non-hydrogen) atoms. The molecule has 0 aromatic carbocycles. The third-order valence-electron chi connectivity index (χ3n) is 2.35. The highest BCUT2D eigenvalue weighted by Crippen LogP contribution is 2.22. The summed E-state index contributed by atoms with van der Waals surface area (Å²) in [6.45, 7) is 12.0. The van der Waals surface area contributed by atoms with E-state index in [2.05, 4.69) is 25.6 Å². The minimum absolute atomic E-state index is 0.203. The summed E-state index contributed by atoms with van der Waals surface area (Å²) in [5, 5.41) is 6.42. The van der Waals surface area contributed by atoms with Gasteiger partial charge in [0.2, 0.25) is 11.9 Å². The Bertz CT molecular complexity index is 468. The second-order valence-electron chi connectivity index (χ2n) is 5.38. The Morgan fingerprint density at radius 2 is 1.55 bits per heavy atom. The molecule has 0 bridgehead atoms. The molecule has 7 nitrogen and oxygen atoms in total. The number of hydrogen-bond donors (Lipinski definition) is 2. The molecule has 0 aliphatic heterocycles. The summed E-state index contributed by atoms with van der Waals surface area (Å²) in [5.41, 5.74) is 0. The number of carbonyl (C=O) groups is 1. The number of rotatable bonds is 8. The van der Waals surface area contributed by atoms with E-state index in [1.54, 1.807) is 13.8 Å². The van der Waals surface area contributed by atoms with Crippen LogP contribution in [0.2, 0.25) is 0 Å². The lowest BCUT2D eigenvalue weighted by atomic mass is 10.4. The van der Waals surface area contributed by atoms with E-state index in [-0.39, 0.29) is 23.3 Å². The second kappa shape index (κ2) is 8.77. The van der Waals surface area contributed by atoms with Crippen LogP contribution in [-0.4, -0.2) is 44.9 Å². The van der Waals surface area contributed by atoms with Crippen LogP contribution in [0.15, 0.2) is 5.16 Å². The Morgan fingerprint density at radius 3 is 1.95 bits per heavy atom. The molecule has 0 spiro atoms. The normalized spacial score (nSPS) is 12.4. The lowest BCUT2D eigenvalue weighted by Crippen LogP contribution is -2.20. The summed E-state index contributed by atoms with van der Waals surface area (Å²) < 4.78 is 5.00. The standard InChI is InChI=1S/C14H25N5O2S/c1-7-21-11(20)10(6)22-14-18-12(15-8(2)3)17-13(19-14)16-9(4)5/h8-10H,7H2,1-6H3,(H2,15,16,17,18,19). The van der Waals surface area contributed by atoms with E-state index in [0.717, 1.165) is 0 Å². The fourth-order valence-corrected chi connectivity index (χ4v) is 2.28. The maximum atomic E-state index is 11.7. The smallest absolute Gasteiger partial charge is 0.319 e. The third-order valence-corrected chi connectivity index (χ3v) is 3.29. The number of thioether (sulfide) groups is 1. The topological polar surface area (TPSA) is 89.0 Å². The lowest BCUT2D eigenvalue weighted by molar-refractivity contribution is -0.142. The van der Waals surface area contributed by atoms with Gasteiger partial charge in [0.1, 0.15) is 5.25 Å². The lowest BCUT2D eigenvalue weighted by Gasteiger charge is -2.14. The van der Waals surface area contributed by atoms with Crippen molar-refractivity contribution in [3.05, 3.63) is 0 Å². The van der Waals surface area contributed by atoms with Gasteiger partial charge in [0.15, 0.2) is 5.16 Å². The Morgan fingerprint density at radius 1 is 1.05 bits per heavy atom. The minimum Gasteiger partial charge on any atom is -0.465 e. The van der Waals surface area contributed by atoms with Gasteiger partial charge in [-0.25, -0.2) is 0 Å². The van der Waals surface area contributed by atoms with Crippen molar-refractivity contribution < 1.29 is 9.53 Å². The number of anilines is 2. The monoisotopic (exact) mass is 327 g/mol. The van der Waals surface area contributed by atoms with Crippen molar-refractivity contribution in [1.82, 2.24) is 15.0 Å². The van der Waals surface area contributed by atoms with Crippen LogP contribution in [0.1, 0.15) is 41.5 Å². The molecule has 1 aromatic rings. The maximum Gasteiger partial charge on any atom is 0.319 e. The van der Waals surface area contributed by atoms with Gasteiger partial charge in [-0.3, -0.25) is 4.79 Å². The first-order valence-electron chi connectivity index (χ1n) is 7.44. The fourth-order valence-electron chi connectivity index (χ4n) is 1.52. The number of ether oxygens (including phenoxy) is 1. The van der Waals surface area contributed by atoms with Crippen molar-refractivity contribution in [1.29, 1.82) is 0 Å². The Balaban J connectivity index is 2.93. The maximum absolute atomic E-state index is 11.7. The van der Waals surface area contributed by atoms with Gasteiger partial charge in [-0.15, -0.1) is 0 Å². The van der Waals surface area contributed by atoms with Crippen molar-refractivity contribution >= 4 is 29.6 Å². The van der Waals surface area contributed by atoms with Gasteiger partial charge in [0.05, 0.1) is 6.61 Å². The summed E-state index contributed by atoms with van der Waals surface area (Å²) in [6.07, 6.45) is 0. The van der Waals surface area contributed by atoms with Gasteiger partial charge >= 0.3 is 5.97 Å². The number of esters is 1. The van der Waals surface area contributed by atoms with Crippen LogP contribution in [0.25, 0.3) is 0 Å². The van der Waals surface area contributed by atoms with E-state index >= 15 is 0 Å². The first kappa shape index (κ1) is 18.5. The molecule has 8 heteroatoms. The predicted molar refractivity (Wildman–Crippen MR) is 89.3 cm³/mol. The molecule has 2 N–H and O–H groups in total. The zero-order valence-corrected chi connectivity index (χ0v) is 14.8. The summed E-state index contributed by atoms with van der Waals surface area (Å²) in [7, 11) is 0. The van der Waals surface area contributed by atoms with E-state index < -0.39 is 0 Å². The average molecular weight is 327 g/mol. The molecule has 0 saturated heterocycles. The van der Waals surface area contributed by atoms with E-state index in [1.807, 2.05) is 27.7 Å². The van der Waals surface area contributed by atoms with Gasteiger partial charge < -0.3 is 15.4 Å². The fraction of sp³-hybridized carbons (Fsp3) is 0.714. The zero-order chi connectivity index (χ0) is 16.7. The van der Waals surface area contributed by atoms with Crippen LogP contribution in [0, 0.1) is 0 Å². The average Bonchev–Trinajstić information content (AvgIpc) is 2.36. The minimum atomic E-state index is -0.374. The quantitative estimate of drug-likeness (QED) is 0.556. The third kappa shape index (κ3) is 6.46. The zero-order valence-electron chi connectivity index (χ0n) is 14.0. The number of nitrogens with zero attached hydrogens (tertiary/aromatic N) is 3. The first-order valence-corrected chi connectivity index (χ1v) is 8.32. The molecule has 1 heterocycles. The second-order valence-corrected chi connectivity index (χ2v) is 6.68. The van der Waals surface area contributed by atoms with Gasteiger partial charge in [-0.2, -0.15) is 15.0 Å². The highest BCUT2D eigenvalue weighted by molar-refractivity contribution is 8.00. The van der Waals surface area contributed by atoms with Crippen molar-refractivity contribution in [2.45, 2.75) is 64.0 Å². The summed E-state index contributed by atoms with van der Waals surface area (Å²) in [5.74, 6) is 0.711. The van der Waals surface area contributed by atoms with Crippen LogP contribution in [-0.2, 0) is 9.53 Å². The Hall–Kier alpha value is -1.57. The number of carbonyl (C=O) groups excluding carboxylic acids is 1. The molecule has 1 rings (SSSR count). The molecule has 0 aliphatic rings. The van der Waals surface area contributed by atoms with Crippen molar-refractivity contribution in [3.8, 4) is 0 Å². The van der Waals surface area contributed by atoms with E-state index in [4.69, 9.17) is 4.74 Å². The van der Waals surface area contributed by atoms with Crippen LogP contribution < -0.4 is 10.6 Å². The van der Waals surface area contributed by atoms with E-state index in [9.17, 15) is 4.79 Å². The summed E-state index contributed by atoms with van der Waals surface area (Å²) in [4.78, 5) is 24.7.